The number of nitrogens with zero attached hydrogens (tertiary/aromatic N) is 1. The van der Waals surface area contributed by atoms with Gasteiger partial charge in [-0.25, -0.2) is 8.42 Å². The molecule has 0 radical (unpaired) electrons. The predicted octanol–water partition coefficient (Wildman–Crippen LogP) is 1.19. The number of nitrogens with two attached hydrogens (primary N) is 1. The largest absolute Gasteiger partial charge is 0.365 e. The van der Waals surface area contributed by atoms with Crippen LogP contribution in [0.15, 0.2) is 30.5 Å². The van der Waals surface area contributed by atoms with Crippen LogP contribution in [0.25, 0.3) is 0 Å². The van der Waals surface area contributed by atoms with E-state index in [2.05, 4.69) is 0 Å². The topological polar surface area (TPSA) is 106 Å². The van der Waals surface area contributed by atoms with E-state index < -0.39 is 16.6 Å². The molecule has 1 amide bonds. The van der Waals surface area contributed by atoms with Gasteiger partial charge in [-0.3, -0.25) is 10.2 Å². The van der Waals surface area contributed by atoms with Gasteiger partial charge in [0.25, 0.3) is 5.91 Å². The van der Waals surface area contributed by atoms with E-state index in [-0.39, 0.29) is 28.4 Å². The number of pyridine rings is 1. The molecule has 8 heteroatoms. The number of benzene rings is 1. The molecule has 0 spiro atoms. The number of aromatic nitrogens is 1. The van der Waals surface area contributed by atoms with E-state index in [1.54, 1.807) is 6.07 Å². The average molecular weight is 354 g/mol. The summed E-state index contributed by atoms with van der Waals surface area (Å²) in [5.41, 5.74) is 7.57. The Balaban J connectivity index is 2.53. The van der Waals surface area contributed by atoms with E-state index >= 15 is 0 Å². The minimum absolute atomic E-state index is 0.0154. The summed E-state index contributed by atoms with van der Waals surface area (Å²) in [6.45, 7) is 2.11. The van der Waals surface area contributed by atoms with Gasteiger partial charge in [-0.15, -0.1) is 0 Å². The Kier molecular flexibility index (Phi) is 5.23. The van der Waals surface area contributed by atoms with Crippen molar-refractivity contribution in [2.75, 3.05) is 0 Å². The maximum atomic E-state index is 11.4. The zero-order valence-electron chi connectivity index (χ0n) is 12.4. The Morgan fingerprint density at radius 3 is 2.61 bits per heavy atom. The third-order valence-electron chi connectivity index (χ3n) is 3.37. The van der Waals surface area contributed by atoms with Gasteiger partial charge in [0, 0.05) is 12.7 Å². The van der Waals surface area contributed by atoms with Crippen LogP contribution >= 0.6 is 11.6 Å². The van der Waals surface area contributed by atoms with Gasteiger partial charge in [0.05, 0.1) is 16.3 Å². The first-order valence-electron chi connectivity index (χ1n) is 6.72. The van der Waals surface area contributed by atoms with Gasteiger partial charge in [0.15, 0.2) is 0 Å². The van der Waals surface area contributed by atoms with E-state index in [1.807, 2.05) is 19.1 Å². The summed E-state index contributed by atoms with van der Waals surface area (Å²) in [5, 5.41) is 8.35. The average Bonchev–Trinajstić information content (AvgIpc) is 2.44. The van der Waals surface area contributed by atoms with Gasteiger partial charge in [-0.1, -0.05) is 35.4 Å². The maximum absolute atomic E-state index is 11.4. The predicted molar refractivity (Wildman–Crippen MR) is 88.1 cm³/mol. The lowest BCUT2D eigenvalue weighted by Gasteiger charge is -2.13. The number of carbonyl (C=O) groups excluding carboxylic acids is 1. The highest BCUT2D eigenvalue weighted by Gasteiger charge is 2.11. The molecule has 122 valence electrons. The summed E-state index contributed by atoms with van der Waals surface area (Å²) in [5.74, 6) is -0.819. The van der Waals surface area contributed by atoms with Crippen molar-refractivity contribution in [1.82, 2.24) is 4.57 Å². The van der Waals surface area contributed by atoms with Crippen LogP contribution in [0, 0.1) is 12.3 Å². The number of hydrogen-bond donors (Lipinski definition) is 3. The molecule has 6 nitrogen and oxygen atoms in total. The fourth-order valence-electron chi connectivity index (χ4n) is 2.30. The van der Waals surface area contributed by atoms with Crippen molar-refractivity contribution >= 4 is 28.2 Å². The molecule has 1 aromatic carbocycles. The quantitative estimate of drug-likeness (QED) is 0.703. The van der Waals surface area contributed by atoms with Crippen molar-refractivity contribution in [1.29, 1.82) is 5.41 Å². The normalized spacial score (nSPS) is 10.9. The molecule has 3 N–H and O–H groups in total. The molecule has 2 aromatic rings. The van der Waals surface area contributed by atoms with Crippen molar-refractivity contribution in [2.45, 2.75) is 19.2 Å². The molecule has 0 aliphatic rings. The highest BCUT2D eigenvalue weighted by Crippen LogP contribution is 2.15. The Bertz CT molecular complexity index is 895. The van der Waals surface area contributed by atoms with Gasteiger partial charge in [0.2, 0.25) is 0 Å². The van der Waals surface area contributed by atoms with Gasteiger partial charge >= 0.3 is 0 Å². The summed E-state index contributed by atoms with van der Waals surface area (Å²) >= 11 is 5.98. The molecule has 0 bridgehead atoms. The second kappa shape index (κ2) is 6.97. The molecule has 1 aromatic heterocycles. The molecule has 0 fully saturated rings. The summed E-state index contributed by atoms with van der Waals surface area (Å²) in [6, 6.07) is 6.77. The van der Waals surface area contributed by atoms with E-state index in [0.717, 1.165) is 11.1 Å². The zero-order valence-corrected chi connectivity index (χ0v) is 14.0. The maximum Gasteiger partial charge on any atom is 0.252 e. The van der Waals surface area contributed by atoms with Gasteiger partial charge in [-0.05, 0) is 24.1 Å². The lowest BCUT2D eigenvalue weighted by atomic mass is 10.1. The second-order valence-corrected chi connectivity index (χ2v) is 6.59. The summed E-state index contributed by atoms with van der Waals surface area (Å²) in [6.07, 6.45) is 1.51. The molecule has 0 aliphatic heterocycles. The second-order valence-electron chi connectivity index (χ2n) is 5.18. The number of primary amides is 1. The van der Waals surface area contributed by atoms with Crippen LogP contribution in [-0.4, -0.2) is 18.9 Å². The SMILES string of the molecule is Cc1ccc(C[SH](=O)=O)c(Cn2cc(Cl)cc(C(N)=O)c2=N)c1. The molecule has 23 heavy (non-hydrogen) atoms. The number of aryl methyl sites for hydroxylation is 1. The molecule has 0 saturated carbocycles. The number of amides is 1. The number of hydrogen-bond acceptors (Lipinski definition) is 4. The zero-order chi connectivity index (χ0) is 17.1. The minimum Gasteiger partial charge on any atom is -0.365 e. The van der Waals surface area contributed by atoms with Crippen LogP contribution in [0.5, 0.6) is 0 Å². The lowest BCUT2D eigenvalue weighted by Crippen LogP contribution is -2.30. The van der Waals surface area contributed by atoms with E-state index in [0.29, 0.717) is 5.56 Å². The van der Waals surface area contributed by atoms with E-state index in [9.17, 15) is 13.2 Å². The van der Waals surface area contributed by atoms with Crippen LogP contribution in [0.4, 0.5) is 0 Å². The Morgan fingerprint density at radius 2 is 2.00 bits per heavy atom. The Hall–Kier alpha value is -2.12. The fourth-order valence-corrected chi connectivity index (χ4v) is 3.12. The van der Waals surface area contributed by atoms with Crippen molar-refractivity contribution in [3.8, 4) is 0 Å². The smallest absolute Gasteiger partial charge is 0.252 e. The molecular formula is C15H16ClN3O3S. The van der Waals surface area contributed by atoms with Crippen LogP contribution in [0.1, 0.15) is 27.0 Å². The summed E-state index contributed by atoms with van der Waals surface area (Å²) in [7, 11) is -2.56. The first-order chi connectivity index (χ1) is 10.8. The van der Waals surface area contributed by atoms with Crippen molar-refractivity contribution in [2.24, 2.45) is 5.73 Å². The molecule has 0 saturated heterocycles. The highest BCUT2D eigenvalue weighted by atomic mass is 35.5. The van der Waals surface area contributed by atoms with Crippen LogP contribution in [-0.2, 0) is 23.0 Å². The Labute approximate surface area is 140 Å². The van der Waals surface area contributed by atoms with Gasteiger partial charge in [0.1, 0.15) is 16.2 Å². The van der Waals surface area contributed by atoms with E-state index in [4.69, 9.17) is 22.7 Å². The molecular weight excluding hydrogens is 338 g/mol. The molecule has 0 unspecified atom stereocenters. The molecule has 2 rings (SSSR count). The number of thiol groups is 1. The van der Waals surface area contributed by atoms with Gasteiger partial charge in [-0.2, -0.15) is 0 Å². The number of halogens is 1. The van der Waals surface area contributed by atoms with Crippen molar-refractivity contribution in [3.63, 3.8) is 0 Å². The van der Waals surface area contributed by atoms with E-state index in [1.165, 1.54) is 16.8 Å². The van der Waals surface area contributed by atoms with Crippen LogP contribution < -0.4 is 11.2 Å². The fraction of sp³-hybridized carbons (Fsp3) is 0.200. The minimum atomic E-state index is -2.56. The Morgan fingerprint density at radius 1 is 1.30 bits per heavy atom. The summed E-state index contributed by atoms with van der Waals surface area (Å²) in [4.78, 5) is 11.4. The highest BCUT2D eigenvalue weighted by molar-refractivity contribution is 7.71. The summed E-state index contributed by atoms with van der Waals surface area (Å²) < 4.78 is 23.5. The van der Waals surface area contributed by atoms with Crippen LogP contribution in [0.3, 0.4) is 0 Å². The third-order valence-corrected chi connectivity index (χ3v) is 4.18. The van der Waals surface area contributed by atoms with Gasteiger partial charge < -0.3 is 10.3 Å². The lowest BCUT2D eigenvalue weighted by molar-refractivity contribution is 0.0997. The standard InChI is InChI=1S/C15H16ClN3O3S/c1-9-2-3-10(8-23(21)22)11(4-9)6-19-7-12(16)5-13(14(19)17)15(18)20/h2-5,7,17,23H,6,8H2,1H3,(H2,18,20). The third kappa shape index (κ3) is 4.20. The van der Waals surface area contributed by atoms with Crippen LogP contribution in [0.2, 0.25) is 5.02 Å². The molecule has 0 atom stereocenters. The number of nitrogens with one attached hydrogen (secondary N) is 1. The first kappa shape index (κ1) is 17.2. The molecule has 0 aliphatic carbocycles. The monoisotopic (exact) mass is 353 g/mol. The number of carbonyl (C=O) groups is 1. The van der Waals surface area contributed by atoms with Crippen molar-refractivity contribution < 1.29 is 13.2 Å². The molecule has 1 heterocycles. The number of rotatable bonds is 5. The first-order valence-corrected chi connectivity index (χ1v) is 8.46. The van der Waals surface area contributed by atoms with Crippen molar-refractivity contribution in [3.05, 3.63) is 63.2 Å².